The minimum absolute atomic E-state index is 0.0625. The predicted molar refractivity (Wildman–Crippen MR) is 122 cm³/mol. The van der Waals surface area contributed by atoms with Gasteiger partial charge < -0.3 is 5.11 Å². The summed E-state index contributed by atoms with van der Waals surface area (Å²) in [4.78, 5) is 33.0. The minimum atomic E-state index is -0.770. The summed E-state index contributed by atoms with van der Waals surface area (Å²) in [5, 5.41) is 11.5. The lowest BCUT2D eigenvalue weighted by molar-refractivity contribution is -0.132. The number of anilines is 1. The maximum atomic E-state index is 13.1. The normalized spacial score (nSPS) is 18.3. The van der Waals surface area contributed by atoms with E-state index in [0.717, 1.165) is 20.6 Å². The Morgan fingerprint density at radius 3 is 2.40 bits per heavy atom. The van der Waals surface area contributed by atoms with Gasteiger partial charge >= 0.3 is 5.91 Å². The van der Waals surface area contributed by atoms with E-state index in [1.54, 1.807) is 12.1 Å². The molecule has 5 nitrogen and oxygen atoms in total. The third kappa shape index (κ3) is 3.48. The van der Waals surface area contributed by atoms with E-state index in [-0.39, 0.29) is 11.3 Å². The van der Waals surface area contributed by atoms with Gasteiger partial charge in [0.1, 0.15) is 5.76 Å². The second-order valence-corrected chi connectivity index (χ2v) is 9.33. The van der Waals surface area contributed by atoms with E-state index in [0.29, 0.717) is 16.3 Å². The first-order chi connectivity index (χ1) is 14.3. The Balaban J connectivity index is 1.96. The average molecular weight is 483 g/mol. The van der Waals surface area contributed by atoms with Crippen molar-refractivity contribution >= 4 is 49.8 Å². The zero-order valence-electron chi connectivity index (χ0n) is 16.6. The average Bonchev–Trinajstić information content (AvgIpc) is 3.18. The quantitative estimate of drug-likeness (QED) is 0.305. The number of aryl methyl sites for hydroxylation is 3. The van der Waals surface area contributed by atoms with Crippen molar-refractivity contribution in [2.75, 3.05) is 4.90 Å². The lowest BCUT2D eigenvalue weighted by Gasteiger charge is -2.23. The molecule has 1 amide bonds. The molecule has 1 aliphatic heterocycles. The van der Waals surface area contributed by atoms with Crippen LogP contribution in [0.2, 0.25) is 0 Å². The van der Waals surface area contributed by atoms with Gasteiger partial charge in [0.05, 0.1) is 17.3 Å². The van der Waals surface area contributed by atoms with Crippen LogP contribution in [0.15, 0.2) is 58.6 Å². The van der Waals surface area contributed by atoms with Gasteiger partial charge in [-0.3, -0.25) is 14.5 Å². The number of hydrogen-bond acceptors (Lipinski definition) is 5. The topological polar surface area (TPSA) is 70.5 Å². The number of aliphatic hydroxyl groups excluding tert-OH is 1. The number of ketones is 1. The van der Waals surface area contributed by atoms with Gasteiger partial charge in [-0.05, 0) is 38.5 Å². The molecule has 7 heteroatoms. The lowest BCUT2D eigenvalue weighted by atomic mass is 9.95. The molecule has 152 valence electrons. The van der Waals surface area contributed by atoms with E-state index < -0.39 is 17.7 Å². The fourth-order valence-corrected chi connectivity index (χ4v) is 4.80. The molecule has 4 rings (SSSR count). The lowest BCUT2D eigenvalue weighted by Crippen LogP contribution is -2.29. The Morgan fingerprint density at radius 1 is 1.10 bits per heavy atom. The number of aliphatic hydroxyl groups is 1. The summed E-state index contributed by atoms with van der Waals surface area (Å²) in [6.45, 7) is 5.73. The molecule has 0 bridgehead atoms. The number of carbonyl (C=O) groups is 2. The van der Waals surface area contributed by atoms with Gasteiger partial charge in [-0.15, -0.1) is 11.3 Å². The van der Waals surface area contributed by atoms with Crippen molar-refractivity contribution < 1.29 is 14.7 Å². The molecule has 1 atom stereocenters. The summed E-state index contributed by atoms with van der Waals surface area (Å²) in [6.07, 6.45) is 0. The molecule has 2 heterocycles. The summed E-state index contributed by atoms with van der Waals surface area (Å²) in [5.41, 5.74) is 3.10. The largest absolute Gasteiger partial charge is 0.507 e. The maximum Gasteiger partial charge on any atom is 0.301 e. The Bertz CT molecular complexity index is 1180. The summed E-state index contributed by atoms with van der Waals surface area (Å²) in [6, 6.07) is 13.8. The molecule has 1 N–H and O–H groups in total. The summed E-state index contributed by atoms with van der Waals surface area (Å²) < 4.78 is 0.812. The van der Waals surface area contributed by atoms with Gasteiger partial charge in [-0.2, -0.15) is 0 Å². The first-order valence-electron chi connectivity index (χ1n) is 9.35. The number of amides is 1. The number of halogens is 1. The van der Waals surface area contributed by atoms with Crippen LogP contribution in [0.3, 0.4) is 0 Å². The highest BCUT2D eigenvalue weighted by Crippen LogP contribution is 2.44. The van der Waals surface area contributed by atoms with Gasteiger partial charge in [-0.25, -0.2) is 4.98 Å². The van der Waals surface area contributed by atoms with Crippen molar-refractivity contribution in [2.24, 2.45) is 0 Å². The van der Waals surface area contributed by atoms with Gasteiger partial charge in [0.15, 0.2) is 5.13 Å². The Labute approximate surface area is 186 Å². The van der Waals surface area contributed by atoms with Crippen LogP contribution in [0.1, 0.15) is 33.3 Å². The van der Waals surface area contributed by atoms with Crippen LogP contribution in [-0.2, 0) is 9.59 Å². The highest BCUT2D eigenvalue weighted by molar-refractivity contribution is 9.10. The molecule has 2 aromatic carbocycles. The second kappa shape index (κ2) is 7.81. The standard InChI is InChI=1S/C23H19BrN2O3S/c1-12-7-9-15(10-8-12)20(27)18-19(16-5-4-6-17(24)11-16)26(22(29)21(18)28)23-25-13(2)14(3)30-23/h4-11,19,27H,1-3H3/b20-18+/t19-/m1/s1. The first kappa shape index (κ1) is 20.5. The fraction of sp³-hybridized carbons (Fsp3) is 0.174. The second-order valence-electron chi connectivity index (χ2n) is 7.23. The number of carbonyl (C=O) groups excluding carboxylic acids is 2. The Hall–Kier alpha value is -2.77. The first-order valence-corrected chi connectivity index (χ1v) is 11.0. The van der Waals surface area contributed by atoms with Crippen LogP contribution in [0, 0.1) is 20.8 Å². The van der Waals surface area contributed by atoms with Gasteiger partial charge in [0.25, 0.3) is 5.78 Å². The molecule has 3 aromatic rings. The highest BCUT2D eigenvalue weighted by atomic mass is 79.9. The number of thiazole rings is 1. The van der Waals surface area contributed by atoms with Gasteiger partial charge in [-0.1, -0.05) is 57.9 Å². The summed E-state index contributed by atoms with van der Waals surface area (Å²) in [5.74, 6) is -1.60. The van der Waals surface area contributed by atoms with E-state index in [2.05, 4.69) is 20.9 Å². The molecule has 1 aliphatic rings. The molecule has 30 heavy (non-hydrogen) atoms. The predicted octanol–water partition coefficient (Wildman–Crippen LogP) is 5.46. The van der Waals surface area contributed by atoms with E-state index in [1.807, 2.05) is 57.2 Å². The smallest absolute Gasteiger partial charge is 0.301 e. The number of hydrogen-bond donors (Lipinski definition) is 1. The molecule has 0 unspecified atom stereocenters. The van der Waals surface area contributed by atoms with Gasteiger partial charge in [0.2, 0.25) is 0 Å². The fourth-order valence-electron chi connectivity index (χ4n) is 3.45. The molecule has 0 aliphatic carbocycles. The zero-order valence-corrected chi connectivity index (χ0v) is 19.0. The minimum Gasteiger partial charge on any atom is -0.507 e. The number of nitrogens with zero attached hydrogens (tertiary/aromatic N) is 2. The molecule has 0 spiro atoms. The van der Waals surface area contributed by atoms with Crippen LogP contribution < -0.4 is 4.90 Å². The monoisotopic (exact) mass is 482 g/mol. The zero-order chi connectivity index (χ0) is 21.6. The summed E-state index contributed by atoms with van der Waals surface area (Å²) >= 11 is 4.82. The van der Waals surface area contributed by atoms with Crippen molar-refractivity contribution in [1.82, 2.24) is 4.98 Å². The van der Waals surface area contributed by atoms with Gasteiger partial charge in [0, 0.05) is 14.9 Å². The molecule has 1 saturated heterocycles. The van der Waals surface area contributed by atoms with Crippen molar-refractivity contribution in [2.45, 2.75) is 26.8 Å². The highest BCUT2D eigenvalue weighted by Gasteiger charge is 2.48. The molecule has 1 aromatic heterocycles. The van der Waals surface area contributed by atoms with E-state index in [4.69, 9.17) is 0 Å². The SMILES string of the molecule is Cc1ccc(/C(O)=C2\C(=O)C(=O)N(c3nc(C)c(C)s3)[C@@H]2c2cccc(Br)c2)cc1. The number of benzene rings is 2. The van der Waals surface area contributed by atoms with E-state index in [1.165, 1.54) is 16.2 Å². The molecule has 1 fully saturated rings. The third-order valence-corrected chi connectivity index (χ3v) is 6.72. The van der Waals surface area contributed by atoms with Crippen molar-refractivity contribution in [3.8, 4) is 0 Å². The van der Waals surface area contributed by atoms with Crippen LogP contribution in [0.5, 0.6) is 0 Å². The molecule has 0 saturated carbocycles. The van der Waals surface area contributed by atoms with Crippen LogP contribution in [0.4, 0.5) is 5.13 Å². The van der Waals surface area contributed by atoms with E-state index in [9.17, 15) is 14.7 Å². The van der Waals surface area contributed by atoms with Crippen molar-refractivity contribution in [1.29, 1.82) is 0 Å². The third-order valence-electron chi connectivity index (χ3n) is 5.16. The number of rotatable bonds is 3. The maximum absolute atomic E-state index is 13.1. The van der Waals surface area contributed by atoms with Crippen molar-refractivity contribution in [3.63, 3.8) is 0 Å². The van der Waals surface area contributed by atoms with Crippen molar-refractivity contribution in [3.05, 3.63) is 85.8 Å². The van der Waals surface area contributed by atoms with Crippen LogP contribution in [0.25, 0.3) is 5.76 Å². The van der Waals surface area contributed by atoms with Crippen LogP contribution >= 0.6 is 27.3 Å². The number of Topliss-reactive ketones (excluding diaryl/α,β-unsaturated/α-hetero) is 1. The Kier molecular flexibility index (Phi) is 5.34. The van der Waals surface area contributed by atoms with E-state index >= 15 is 0 Å². The molecular weight excluding hydrogens is 464 g/mol. The molecular formula is C23H19BrN2O3S. The summed E-state index contributed by atoms with van der Waals surface area (Å²) in [7, 11) is 0. The number of aromatic nitrogens is 1. The van der Waals surface area contributed by atoms with Crippen LogP contribution in [-0.4, -0.2) is 21.8 Å². The Morgan fingerprint density at radius 2 is 1.80 bits per heavy atom. The molecule has 0 radical (unpaired) electrons.